The first-order chi connectivity index (χ1) is 11.0. The number of hydroxylamine groups is 3. The SMILES string of the molecule is O=C(CC1=[N+]([O-])[C@@H]2CCCC[C@@H]2N(O)C1=O)c1ccc(Cl)cc1. The largest absolute Gasteiger partial charge is 0.623 e. The number of hydrogen-bond acceptors (Lipinski definition) is 4. The molecule has 0 unspecified atom stereocenters. The first kappa shape index (κ1) is 16.0. The number of carbonyl (C=O) groups is 2. The van der Waals surface area contributed by atoms with Crippen LogP contribution in [0.5, 0.6) is 0 Å². The van der Waals surface area contributed by atoms with Gasteiger partial charge < -0.3 is 5.21 Å². The fourth-order valence-electron chi connectivity index (χ4n) is 3.27. The molecule has 7 heteroatoms. The van der Waals surface area contributed by atoms with Crippen LogP contribution in [0.1, 0.15) is 42.5 Å². The summed E-state index contributed by atoms with van der Waals surface area (Å²) in [5.74, 6) is -1.13. The number of halogens is 1. The summed E-state index contributed by atoms with van der Waals surface area (Å²) in [4.78, 5) is 24.5. The molecule has 0 radical (unpaired) electrons. The van der Waals surface area contributed by atoms with Crippen molar-refractivity contribution in [3.63, 3.8) is 0 Å². The molecule has 1 fully saturated rings. The summed E-state index contributed by atoms with van der Waals surface area (Å²) in [6, 6.07) is 5.29. The Morgan fingerprint density at radius 3 is 2.65 bits per heavy atom. The monoisotopic (exact) mass is 336 g/mol. The van der Waals surface area contributed by atoms with Gasteiger partial charge in [-0.3, -0.25) is 14.8 Å². The summed E-state index contributed by atoms with van der Waals surface area (Å²) in [5.41, 5.74) is 0.175. The summed E-state index contributed by atoms with van der Waals surface area (Å²) < 4.78 is 0.646. The minimum absolute atomic E-state index is 0.199. The lowest BCUT2D eigenvalue weighted by molar-refractivity contribution is -0.523. The van der Waals surface area contributed by atoms with Crippen molar-refractivity contribution >= 4 is 29.0 Å². The second-order valence-electron chi connectivity index (χ2n) is 5.95. The third-order valence-electron chi connectivity index (χ3n) is 4.52. The Hall–Kier alpha value is -1.92. The molecule has 122 valence electrons. The Kier molecular flexibility index (Phi) is 4.37. The van der Waals surface area contributed by atoms with E-state index in [0.29, 0.717) is 33.2 Å². The van der Waals surface area contributed by atoms with Crippen LogP contribution in [0.4, 0.5) is 0 Å². The topological polar surface area (TPSA) is 83.7 Å². The van der Waals surface area contributed by atoms with E-state index in [0.717, 1.165) is 12.8 Å². The lowest BCUT2D eigenvalue weighted by Crippen LogP contribution is -2.59. The predicted octanol–water partition coefficient (Wildman–Crippen LogP) is 2.41. The standard InChI is InChI=1S/C16H17ClN2O4/c17-11-7-5-10(6-8-11)15(20)9-14-16(21)19(23)13-4-2-1-3-12(13)18(14)22/h5-8,12-13,23H,1-4,9H2/t12-,13+/m1/s1. The normalized spacial score (nSPS) is 24.6. The highest BCUT2D eigenvalue weighted by molar-refractivity contribution is 6.40. The van der Waals surface area contributed by atoms with Crippen LogP contribution in [-0.2, 0) is 4.79 Å². The van der Waals surface area contributed by atoms with Gasteiger partial charge in [-0.2, -0.15) is 4.74 Å². The molecule has 0 saturated heterocycles. The number of Topliss-reactive ketones (excluding diaryl/α,β-unsaturated/α-hetero) is 1. The second-order valence-corrected chi connectivity index (χ2v) is 6.38. The van der Waals surface area contributed by atoms with Gasteiger partial charge in [0.25, 0.3) is 5.71 Å². The molecule has 1 N–H and O–H groups in total. The van der Waals surface area contributed by atoms with Gasteiger partial charge in [-0.1, -0.05) is 18.0 Å². The van der Waals surface area contributed by atoms with Gasteiger partial charge >= 0.3 is 5.91 Å². The molecule has 3 rings (SSSR count). The average molecular weight is 337 g/mol. The van der Waals surface area contributed by atoms with E-state index < -0.39 is 18.0 Å². The number of carbonyl (C=O) groups excluding carboxylic acids is 2. The highest BCUT2D eigenvalue weighted by atomic mass is 35.5. The maximum atomic E-state index is 12.5. The van der Waals surface area contributed by atoms with Crippen LogP contribution < -0.4 is 0 Å². The van der Waals surface area contributed by atoms with Crippen LogP contribution in [0, 0.1) is 5.21 Å². The average Bonchev–Trinajstić information content (AvgIpc) is 2.57. The van der Waals surface area contributed by atoms with Crippen LogP contribution in [0.15, 0.2) is 24.3 Å². The van der Waals surface area contributed by atoms with Gasteiger partial charge in [0.2, 0.25) is 0 Å². The molecule has 1 heterocycles. The number of benzene rings is 1. The third kappa shape index (κ3) is 2.96. The van der Waals surface area contributed by atoms with Crippen molar-refractivity contribution in [2.45, 2.75) is 44.2 Å². The zero-order valence-electron chi connectivity index (χ0n) is 12.4. The lowest BCUT2D eigenvalue weighted by Gasteiger charge is -2.38. The minimum Gasteiger partial charge on any atom is -0.623 e. The van der Waals surface area contributed by atoms with E-state index in [4.69, 9.17) is 11.6 Å². The highest BCUT2D eigenvalue weighted by Crippen LogP contribution is 2.28. The van der Waals surface area contributed by atoms with E-state index in [1.54, 1.807) is 24.3 Å². The van der Waals surface area contributed by atoms with Crippen LogP contribution in [0.25, 0.3) is 0 Å². The van der Waals surface area contributed by atoms with Crippen molar-refractivity contribution in [2.75, 3.05) is 0 Å². The van der Waals surface area contributed by atoms with E-state index in [2.05, 4.69) is 0 Å². The maximum absolute atomic E-state index is 12.5. The quantitative estimate of drug-likeness (QED) is 0.397. The maximum Gasteiger partial charge on any atom is 0.339 e. The van der Waals surface area contributed by atoms with E-state index in [9.17, 15) is 20.0 Å². The molecule has 0 spiro atoms. The molecular weight excluding hydrogens is 320 g/mol. The summed E-state index contributed by atoms with van der Waals surface area (Å²) in [6.45, 7) is 0. The summed E-state index contributed by atoms with van der Waals surface area (Å²) in [6.07, 6.45) is 2.63. The number of ketones is 1. The summed E-state index contributed by atoms with van der Waals surface area (Å²) >= 11 is 5.78. The number of nitrogens with zero attached hydrogens (tertiary/aromatic N) is 2. The van der Waals surface area contributed by atoms with Crippen molar-refractivity contribution in [1.29, 1.82) is 0 Å². The zero-order valence-corrected chi connectivity index (χ0v) is 13.2. The molecule has 1 aromatic carbocycles. The zero-order chi connectivity index (χ0) is 16.6. The number of rotatable bonds is 3. The van der Waals surface area contributed by atoms with Gasteiger partial charge in [0.05, 0.1) is 0 Å². The fourth-order valence-corrected chi connectivity index (χ4v) is 3.40. The van der Waals surface area contributed by atoms with Crippen LogP contribution in [-0.4, -0.2) is 44.5 Å². The molecule has 1 aromatic rings. The number of fused-ring (bicyclic) bond motifs is 1. The molecule has 0 bridgehead atoms. The first-order valence-corrected chi connectivity index (χ1v) is 8.00. The van der Waals surface area contributed by atoms with Gasteiger partial charge in [0.15, 0.2) is 11.8 Å². The van der Waals surface area contributed by atoms with Crippen LogP contribution >= 0.6 is 11.6 Å². The van der Waals surface area contributed by atoms with Gasteiger partial charge in [0.1, 0.15) is 12.5 Å². The second kappa shape index (κ2) is 6.29. The highest BCUT2D eigenvalue weighted by Gasteiger charge is 2.46. The van der Waals surface area contributed by atoms with Crippen LogP contribution in [0.3, 0.4) is 0 Å². The molecule has 23 heavy (non-hydrogen) atoms. The number of hydrogen-bond donors (Lipinski definition) is 1. The molecule has 2 aliphatic rings. The lowest BCUT2D eigenvalue weighted by atomic mass is 9.88. The van der Waals surface area contributed by atoms with E-state index in [1.165, 1.54) is 0 Å². The van der Waals surface area contributed by atoms with Crippen molar-refractivity contribution in [3.05, 3.63) is 40.1 Å². The van der Waals surface area contributed by atoms with Gasteiger partial charge in [-0.15, -0.1) is 0 Å². The molecule has 1 saturated carbocycles. The van der Waals surface area contributed by atoms with Crippen molar-refractivity contribution in [3.8, 4) is 0 Å². The molecule has 1 aliphatic heterocycles. The van der Waals surface area contributed by atoms with E-state index in [-0.39, 0.29) is 17.9 Å². The van der Waals surface area contributed by atoms with E-state index in [1.807, 2.05) is 0 Å². The predicted molar refractivity (Wildman–Crippen MR) is 83.7 cm³/mol. The molecule has 2 atom stereocenters. The van der Waals surface area contributed by atoms with Crippen molar-refractivity contribution in [2.24, 2.45) is 0 Å². The Morgan fingerprint density at radius 1 is 1.30 bits per heavy atom. The summed E-state index contributed by atoms with van der Waals surface area (Å²) in [7, 11) is 0. The smallest absolute Gasteiger partial charge is 0.339 e. The number of amides is 1. The van der Waals surface area contributed by atoms with Crippen LogP contribution in [0.2, 0.25) is 5.02 Å². The Labute approximate surface area is 138 Å². The van der Waals surface area contributed by atoms with E-state index >= 15 is 0 Å². The Bertz CT molecular complexity index is 671. The van der Waals surface area contributed by atoms with Crippen molar-refractivity contribution in [1.82, 2.24) is 5.06 Å². The summed E-state index contributed by atoms with van der Waals surface area (Å²) in [5, 5.41) is 23.7. The Balaban J connectivity index is 1.86. The molecule has 1 amide bonds. The van der Waals surface area contributed by atoms with Crippen molar-refractivity contribution < 1.29 is 19.5 Å². The molecule has 1 aliphatic carbocycles. The molecule has 0 aromatic heterocycles. The van der Waals surface area contributed by atoms with Gasteiger partial charge in [-0.25, -0.2) is 5.06 Å². The molecule has 6 nitrogen and oxygen atoms in total. The molecular formula is C16H17ClN2O4. The minimum atomic E-state index is -0.773. The van der Waals surface area contributed by atoms with Gasteiger partial charge in [-0.05, 0) is 37.1 Å². The first-order valence-electron chi connectivity index (χ1n) is 7.62. The fraction of sp³-hybridized carbons (Fsp3) is 0.438. The third-order valence-corrected chi connectivity index (χ3v) is 4.78. The van der Waals surface area contributed by atoms with Gasteiger partial charge in [0, 0.05) is 17.0 Å². The Morgan fingerprint density at radius 2 is 1.96 bits per heavy atom.